The SMILES string of the molecule is Cl.NCCC(=O)NCC1Cc2cccc3c(=O)[nH]c(=O)n1c23. The number of hydrogen-bond donors (Lipinski definition) is 3. The van der Waals surface area contributed by atoms with Crippen molar-refractivity contribution in [1.29, 1.82) is 0 Å². The lowest BCUT2D eigenvalue weighted by Gasteiger charge is -2.14. The molecule has 4 N–H and O–H groups in total. The number of para-hydroxylation sites is 1. The van der Waals surface area contributed by atoms with Crippen LogP contribution in [0.2, 0.25) is 0 Å². The normalized spacial score (nSPS) is 15.6. The van der Waals surface area contributed by atoms with Gasteiger partial charge in [-0.1, -0.05) is 12.1 Å². The number of carbonyl (C=O) groups excluding carboxylic acids is 1. The molecule has 2 heterocycles. The maximum atomic E-state index is 12.1. The van der Waals surface area contributed by atoms with Crippen molar-refractivity contribution in [3.05, 3.63) is 44.6 Å². The van der Waals surface area contributed by atoms with Crippen molar-refractivity contribution in [1.82, 2.24) is 14.9 Å². The summed E-state index contributed by atoms with van der Waals surface area (Å²) in [6.45, 7) is 0.633. The van der Waals surface area contributed by atoms with Gasteiger partial charge in [0.25, 0.3) is 5.56 Å². The molecule has 0 radical (unpaired) electrons. The Kier molecular flexibility index (Phi) is 4.68. The number of nitrogens with one attached hydrogen (secondary N) is 2. The molecule has 1 aromatic heterocycles. The fraction of sp³-hybridized carbons (Fsp3) is 0.357. The van der Waals surface area contributed by atoms with E-state index in [0.29, 0.717) is 30.4 Å². The standard InChI is InChI=1S/C14H16N4O3.ClH/c15-5-4-11(19)16-7-9-6-8-2-1-3-10-12(8)18(9)14(21)17-13(10)20;/h1-3,9H,4-7,15H2,(H,16,19)(H,17,20,21);1H. The zero-order chi connectivity index (χ0) is 15.0. The van der Waals surface area contributed by atoms with Gasteiger partial charge in [0.15, 0.2) is 0 Å². The Hall–Kier alpha value is -2.12. The van der Waals surface area contributed by atoms with E-state index in [2.05, 4.69) is 10.3 Å². The average Bonchev–Trinajstić information content (AvgIpc) is 2.82. The van der Waals surface area contributed by atoms with Gasteiger partial charge in [0.1, 0.15) is 0 Å². The Morgan fingerprint density at radius 1 is 1.41 bits per heavy atom. The van der Waals surface area contributed by atoms with Gasteiger partial charge >= 0.3 is 5.69 Å². The Morgan fingerprint density at radius 3 is 2.91 bits per heavy atom. The highest BCUT2D eigenvalue weighted by Crippen LogP contribution is 2.28. The summed E-state index contributed by atoms with van der Waals surface area (Å²) in [5, 5.41) is 3.28. The number of aromatic nitrogens is 2. The first-order valence-corrected chi connectivity index (χ1v) is 6.85. The lowest BCUT2D eigenvalue weighted by atomic mass is 10.1. The third-order valence-corrected chi connectivity index (χ3v) is 3.77. The number of nitrogens with two attached hydrogens (primary N) is 1. The van der Waals surface area contributed by atoms with Crippen LogP contribution in [0.5, 0.6) is 0 Å². The Balaban J connectivity index is 0.00000176. The van der Waals surface area contributed by atoms with Crippen LogP contribution in [-0.2, 0) is 11.2 Å². The molecule has 1 amide bonds. The zero-order valence-electron chi connectivity index (χ0n) is 11.8. The quantitative estimate of drug-likeness (QED) is 0.715. The molecular formula is C14H17ClN4O3. The van der Waals surface area contributed by atoms with Crippen LogP contribution in [0.1, 0.15) is 18.0 Å². The van der Waals surface area contributed by atoms with Crippen LogP contribution in [0.15, 0.2) is 27.8 Å². The van der Waals surface area contributed by atoms with Crippen LogP contribution in [0.4, 0.5) is 0 Å². The molecule has 7 nitrogen and oxygen atoms in total. The molecule has 1 aliphatic heterocycles. The largest absolute Gasteiger partial charge is 0.354 e. The molecule has 3 rings (SSSR count). The predicted molar refractivity (Wildman–Crippen MR) is 85.5 cm³/mol. The minimum atomic E-state index is -0.435. The maximum Gasteiger partial charge on any atom is 0.329 e. The zero-order valence-corrected chi connectivity index (χ0v) is 12.6. The molecule has 8 heteroatoms. The number of H-pyrrole nitrogens is 1. The molecule has 118 valence electrons. The van der Waals surface area contributed by atoms with Gasteiger partial charge < -0.3 is 11.1 Å². The van der Waals surface area contributed by atoms with Crippen molar-refractivity contribution < 1.29 is 4.79 Å². The molecule has 1 atom stereocenters. The van der Waals surface area contributed by atoms with E-state index in [1.54, 1.807) is 16.7 Å². The number of halogens is 1. The molecule has 0 bridgehead atoms. The second kappa shape index (κ2) is 6.33. The highest BCUT2D eigenvalue weighted by Gasteiger charge is 2.26. The van der Waals surface area contributed by atoms with Crippen LogP contribution in [0, 0.1) is 0 Å². The summed E-state index contributed by atoms with van der Waals surface area (Å²) in [5.74, 6) is -0.137. The number of benzene rings is 1. The van der Waals surface area contributed by atoms with E-state index in [0.717, 1.165) is 5.56 Å². The van der Waals surface area contributed by atoms with Crippen molar-refractivity contribution in [2.24, 2.45) is 5.73 Å². The first-order chi connectivity index (χ1) is 10.1. The molecule has 0 aliphatic carbocycles. The van der Waals surface area contributed by atoms with Crippen LogP contribution in [0.25, 0.3) is 10.9 Å². The van der Waals surface area contributed by atoms with E-state index >= 15 is 0 Å². The van der Waals surface area contributed by atoms with Gasteiger partial charge in [-0.05, 0) is 18.1 Å². The van der Waals surface area contributed by atoms with E-state index in [1.165, 1.54) is 0 Å². The fourth-order valence-corrected chi connectivity index (χ4v) is 2.86. The summed E-state index contributed by atoms with van der Waals surface area (Å²) in [4.78, 5) is 37.8. The minimum absolute atomic E-state index is 0. The molecular weight excluding hydrogens is 308 g/mol. The Labute approximate surface area is 131 Å². The average molecular weight is 325 g/mol. The van der Waals surface area contributed by atoms with E-state index in [-0.39, 0.29) is 36.3 Å². The topological polar surface area (TPSA) is 110 Å². The van der Waals surface area contributed by atoms with Gasteiger partial charge in [0.2, 0.25) is 5.91 Å². The number of hydrogen-bond acceptors (Lipinski definition) is 4. The number of carbonyl (C=O) groups is 1. The second-order valence-corrected chi connectivity index (χ2v) is 5.14. The monoisotopic (exact) mass is 324 g/mol. The fourth-order valence-electron chi connectivity index (χ4n) is 2.86. The molecule has 0 saturated carbocycles. The molecule has 1 unspecified atom stereocenters. The van der Waals surface area contributed by atoms with Crippen molar-refractivity contribution in [2.45, 2.75) is 18.9 Å². The van der Waals surface area contributed by atoms with Crippen LogP contribution < -0.4 is 22.3 Å². The summed E-state index contributed by atoms with van der Waals surface area (Å²) < 4.78 is 1.56. The predicted octanol–water partition coefficient (Wildman–Crippen LogP) is -0.326. The molecule has 0 saturated heterocycles. The van der Waals surface area contributed by atoms with Crippen molar-refractivity contribution in [3.63, 3.8) is 0 Å². The van der Waals surface area contributed by atoms with Crippen LogP contribution in [-0.4, -0.2) is 28.5 Å². The van der Waals surface area contributed by atoms with Gasteiger partial charge in [0, 0.05) is 19.5 Å². The summed E-state index contributed by atoms with van der Waals surface area (Å²) in [6, 6.07) is 5.22. The van der Waals surface area contributed by atoms with Crippen LogP contribution >= 0.6 is 12.4 Å². The lowest BCUT2D eigenvalue weighted by Crippen LogP contribution is -2.37. The molecule has 1 aromatic carbocycles. The number of aromatic amines is 1. The van der Waals surface area contributed by atoms with Gasteiger partial charge in [-0.3, -0.25) is 19.1 Å². The van der Waals surface area contributed by atoms with Crippen molar-refractivity contribution in [3.8, 4) is 0 Å². The molecule has 22 heavy (non-hydrogen) atoms. The first-order valence-electron chi connectivity index (χ1n) is 6.85. The second-order valence-electron chi connectivity index (χ2n) is 5.14. The Bertz CT molecular complexity index is 827. The van der Waals surface area contributed by atoms with E-state index in [4.69, 9.17) is 5.73 Å². The van der Waals surface area contributed by atoms with Crippen LogP contribution in [0.3, 0.4) is 0 Å². The maximum absolute atomic E-state index is 12.1. The molecule has 0 spiro atoms. The number of nitrogens with zero attached hydrogens (tertiary/aromatic N) is 1. The highest BCUT2D eigenvalue weighted by atomic mass is 35.5. The smallest absolute Gasteiger partial charge is 0.329 e. The van der Waals surface area contributed by atoms with Gasteiger partial charge in [-0.15, -0.1) is 12.4 Å². The molecule has 2 aromatic rings. The first kappa shape index (κ1) is 16.3. The highest BCUT2D eigenvalue weighted by molar-refractivity contribution is 5.85. The molecule has 0 fully saturated rings. The summed E-state index contributed by atoms with van der Waals surface area (Å²) >= 11 is 0. The number of amides is 1. The van der Waals surface area contributed by atoms with Gasteiger partial charge in [0.05, 0.1) is 16.9 Å². The van der Waals surface area contributed by atoms with Gasteiger partial charge in [-0.25, -0.2) is 4.79 Å². The summed E-state index contributed by atoms with van der Waals surface area (Å²) in [5.41, 5.74) is 6.14. The summed E-state index contributed by atoms with van der Waals surface area (Å²) in [6.07, 6.45) is 0.877. The van der Waals surface area contributed by atoms with Crippen molar-refractivity contribution >= 4 is 29.2 Å². The van der Waals surface area contributed by atoms with E-state index in [1.807, 2.05) is 6.07 Å². The minimum Gasteiger partial charge on any atom is -0.354 e. The number of rotatable bonds is 4. The third-order valence-electron chi connectivity index (χ3n) is 3.77. The van der Waals surface area contributed by atoms with Gasteiger partial charge in [-0.2, -0.15) is 0 Å². The lowest BCUT2D eigenvalue weighted by molar-refractivity contribution is -0.121. The van der Waals surface area contributed by atoms with E-state index in [9.17, 15) is 14.4 Å². The Morgan fingerprint density at radius 2 is 2.18 bits per heavy atom. The molecule has 1 aliphatic rings. The van der Waals surface area contributed by atoms with Crippen molar-refractivity contribution in [2.75, 3.05) is 13.1 Å². The third kappa shape index (κ3) is 2.65. The summed E-state index contributed by atoms with van der Waals surface area (Å²) in [7, 11) is 0. The van der Waals surface area contributed by atoms with E-state index < -0.39 is 5.69 Å².